The summed E-state index contributed by atoms with van der Waals surface area (Å²) in [7, 11) is 0. The largest absolute Gasteiger partial charge is 0.292 e. The third-order valence-corrected chi connectivity index (χ3v) is 1.53. The quantitative estimate of drug-likeness (QED) is 0.642. The van der Waals surface area contributed by atoms with Crippen LogP contribution in [0.5, 0.6) is 0 Å². The van der Waals surface area contributed by atoms with Gasteiger partial charge in [0.1, 0.15) is 0 Å². The number of carbonyl (C=O) groups excluding carboxylic acids is 1. The zero-order valence-electron chi connectivity index (χ0n) is 7.05. The average molecular weight is 182 g/mol. The molecule has 0 radical (unpaired) electrons. The van der Waals surface area contributed by atoms with E-state index in [0.29, 0.717) is 0 Å². The third kappa shape index (κ3) is 2.21. The molecular formula is C10H8F2O. The second-order valence-corrected chi connectivity index (χ2v) is 2.55. The molecule has 0 N–H and O–H groups in total. The standard InChI is InChI=1S/C10H8F2O/c1-7(13)9(11)10(12)8-5-3-2-4-6-8/h2-6H,1H3/b10-9-. The first-order chi connectivity index (χ1) is 6.13. The molecule has 0 atom stereocenters. The van der Waals surface area contributed by atoms with Crippen molar-refractivity contribution in [3.05, 3.63) is 41.7 Å². The number of benzene rings is 1. The van der Waals surface area contributed by atoms with Crippen LogP contribution < -0.4 is 0 Å². The maximum absolute atomic E-state index is 13.1. The van der Waals surface area contributed by atoms with E-state index < -0.39 is 17.4 Å². The van der Waals surface area contributed by atoms with Gasteiger partial charge in [-0.15, -0.1) is 0 Å². The molecule has 0 aliphatic heterocycles. The minimum Gasteiger partial charge on any atom is -0.292 e. The summed E-state index contributed by atoms with van der Waals surface area (Å²) in [6.45, 7) is 0.984. The van der Waals surface area contributed by atoms with Crippen LogP contribution in [0.25, 0.3) is 5.83 Å². The molecule has 1 aromatic carbocycles. The lowest BCUT2D eigenvalue weighted by atomic mass is 10.2. The van der Waals surface area contributed by atoms with Gasteiger partial charge in [-0.2, -0.15) is 4.39 Å². The first-order valence-corrected chi connectivity index (χ1v) is 3.74. The maximum Gasteiger partial charge on any atom is 0.201 e. The van der Waals surface area contributed by atoms with Crippen molar-refractivity contribution in [2.75, 3.05) is 0 Å². The Morgan fingerprint density at radius 2 is 1.69 bits per heavy atom. The first kappa shape index (κ1) is 9.58. The predicted octanol–water partition coefficient (Wildman–Crippen LogP) is 2.88. The minimum absolute atomic E-state index is 0.0789. The molecule has 0 spiro atoms. The summed E-state index contributed by atoms with van der Waals surface area (Å²) in [5.41, 5.74) is 0.0789. The highest BCUT2D eigenvalue weighted by Crippen LogP contribution is 2.21. The summed E-state index contributed by atoms with van der Waals surface area (Å²) in [6.07, 6.45) is 0. The van der Waals surface area contributed by atoms with Crippen molar-refractivity contribution in [3.8, 4) is 0 Å². The molecule has 0 aromatic heterocycles. The van der Waals surface area contributed by atoms with Gasteiger partial charge in [0, 0.05) is 12.5 Å². The highest BCUT2D eigenvalue weighted by Gasteiger charge is 2.11. The summed E-state index contributed by atoms with van der Waals surface area (Å²) in [5.74, 6) is -3.33. The summed E-state index contributed by atoms with van der Waals surface area (Å²) in [6, 6.07) is 7.63. The van der Waals surface area contributed by atoms with Crippen LogP contribution in [0.2, 0.25) is 0 Å². The van der Waals surface area contributed by atoms with Crippen LogP contribution in [0.3, 0.4) is 0 Å². The van der Waals surface area contributed by atoms with Crippen molar-refractivity contribution >= 4 is 11.6 Å². The molecule has 1 rings (SSSR count). The van der Waals surface area contributed by atoms with Crippen molar-refractivity contribution in [2.45, 2.75) is 6.92 Å². The lowest BCUT2D eigenvalue weighted by Gasteiger charge is -1.97. The predicted molar refractivity (Wildman–Crippen MR) is 46.3 cm³/mol. The van der Waals surface area contributed by atoms with E-state index in [0.717, 1.165) is 6.92 Å². The van der Waals surface area contributed by atoms with Crippen LogP contribution in [0, 0.1) is 0 Å². The van der Waals surface area contributed by atoms with E-state index in [1.807, 2.05) is 0 Å². The van der Waals surface area contributed by atoms with Gasteiger partial charge in [0.2, 0.25) is 5.83 Å². The van der Waals surface area contributed by atoms with Crippen molar-refractivity contribution < 1.29 is 13.6 Å². The van der Waals surface area contributed by atoms with Crippen molar-refractivity contribution in [2.24, 2.45) is 0 Å². The topological polar surface area (TPSA) is 17.1 Å². The van der Waals surface area contributed by atoms with Gasteiger partial charge in [0.05, 0.1) is 0 Å². The molecule has 0 amide bonds. The zero-order chi connectivity index (χ0) is 9.84. The van der Waals surface area contributed by atoms with Gasteiger partial charge < -0.3 is 0 Å². The van der Waals surface area contributed by atoms with Crippen LogP contribution >= 0.6 is 0 Å². The van der Waals surface area contributed by atoms with E-state index in [1.165, 1.54) is 12.1 Å². The van der Waals surface area contributed by atoms with Gasteiger partial charge in [0.15, 0.2) is 11.6 Å². The molecule has 1 aromatic rings. The Morgan fingerprint density at radius 3 is 2.15 bits per heavy atom. The van der Waals surface area contributed by atoms with E-state index in [-0.39, 0.29) is 5.56 Å². The lowest BCUT2D eigenvalue weighted by Crippen LogP contribution is -1.92. The van der Waals surface area contributed by atoms with E-state index >= 15 is 0 Å². The van der Waals surface area contributed by atoms with Gasteiger partial charge in [-0.1, -0.05) is 30.3 Å². The molecule has 0 bridgehead atoms. The van der Waals surface area contributed by atoms with E-state index in [2.05, 4.69) is 0 Å². The maximum atomic E-state index is 13.1. The van der Waals surface area contributed by atoms with E-state index in [1.54, 1.807) is 18.2 Å². The minimum atomic E-state index is -1.33. The molecule has 0 saturated carbocycles. The fraction of sp³-hybridized carbons (Fsp3) is 0.100. The fourth-order valence-electron chi connectivity index (χ4n) is 0.866. The fourth-order valence-corrected chi connectivity index (χ4v) is 0.866. The highest BCUT2D eigenvalue weighted by atomic mass is 19.2. The summed E-state index contributed by atoms with van der Waals surface area (Å²) in [4.78, 5) is 10.5. The SMILES string of the molecule is CC(=O)/C(F)=C(/F)c1ccccc1. The molecular weight excluding hydrogens is 174 g/mol. The van der Waals surface area contributed by atoms with Crippen LogP contribution in [-0.2, 0) is 4.79 Å². The molecule has 3 heteroatoms. The second-order valence-electron chi connectivity index (χ2n) is 2.55. The van der Waals surface area contributed by atoms with Crippen LogP contribution in [0.15, 0.2) is 36.2 Å². The van der Waals surface area contributed by atoms with Gasteiger partial charge in [-0.05, 0) is 0 Å². The van der Waals surface area contributed by atoms with Crippen LogP contribution in [0.1, 0.15) is 12.5 Å². The summed E-state index contributed by atoms with van der Waals surface area (Å²) < 4.78 is 25.8. The Hall–Kier alpha value is -1.51. The van der Waals surface area contributed by atoms with Crippen LogP contribution in [0.4, 0.5) is 8.78 Å². The number of hydrogen-bond acceptors (Lipinski definition) is 1. The molecule has 0 aliphatic rings. The van der Waals surface area contributed by atoms with Gasteiger partial charge in [0.25, 0.3) is 0 Å². The van der Waals surface area contributed by atoms with Gasteiger partial charge in [-0.3, -0.25) is 4.79 Å². The molecule has 0 aliphatic carbocycles. The Balaban J connectivity index is 3.11. The Labute approximate surface area is 74.7 Å². The number of ketones is 1. The van der Waals surface area contributed by atoms with Gasteiger partial charge >= 0.3 is 0 Å². The Bertz CT molecular complexity index is 341. The van der Waals surface area contributed by atoms with Crippen molar-refractivity contribution in [1.29, 1.82) is 0 Å². The van der Waals surface area contributed by atoms with E-state index in [9.17, 15) is 13.6 Å². The number of carbonyl (C=O) groups is 1. The lowest BCUT2D eigenvalue weighted by molar-refractivity contribution is -0.114. The average Bonchev–Trinajstić information content (AvgIpc) is 2.17. The molecule has 13 heavy (non-hydrogen) atoms. The van der Waals surface area contributed by atoms with Crippen molar-refractivity contribution in [1.82, 2.24) is 0 Å². The number of rotatable bonds is 2. The number of halogens is 2. The molecule has 1 nitrogen and oxygen atoms in total. The number of allylic oxidation sites excluding steroid dienone is 1. The van der Waals surface area contributed by atoms with E-state index in [4.69, 9.17) is 0 Å². The first-order valence-electron chi connectivity index (χ1n) is 3.74. The highest BCUT2D eigenvalue weighted by molar-refractivity contribution is 5.97. The molecule has 68 valence electrons. The van der Waals surface area contributed by atoms with Crippen LogP contribution in [-0.4, -0.2) is 5.78 Å². The number of Topliss-reactive ketones (excluding diaryl/α,β-unsaturated/α-hetero) is 1. The monoisotopic (exact) mass is 182 g/mol. The normalized spacial score (nSPS) is 12.2. The van der Waals surface area contributed by atoms with Crippen molar-refractivity contribution in [3.63, 3.8) is 0 Å². The molecule has 0 unspecified atom stereocenters. The summed E-state index contributed by atoms with van der Waals surface area (Å²) >= 11 is 0. The summed E-state index contributed by atoms with van der Waals surface area (Å²) in [5, 5.41) is 0. The smallest absolute Gasteiger partial charge is 0.201 e. The molecule has 0 heterocycles. The zero-order valence-corrected chi connectivity index (χ0v) is 7.05. The Kier molecular flexibility index (Phi) is 2.90. The molecule has 0 fully saturated rings. The Morgan fingerprint density at radius 1 is 1.15 bits per heavy atom. The number of hydrogen-bond donors (Lipinski definition) is 0. The van der Waals surface area contributed by atoms with Gasteiger partial charge in [-0.25, -0.2) is 4.39 Å². The second kappa shape index (κ2) is 3.94. The third-order valence-electron chi connectivity index (χ3n) is 1.53. The molecule has 0 saturated heterocycles.